The molecule has 2 aliphatic carbocycles. The van der Waals surface area contributed by atoms with Crippen LogP contribution in [0.25, 0.3) is 33.2 Å². The number of nitrogens with zero attached hydrogens (tertiary/aromatic N) is 1. The van der Waals surface area contributed by atoms with Crippen molar-refractivity contribution in [2.45, 2.75) is 50.7 Å². The van der Waals surface area contributed by atoms with Crippen LogP contribution in [0.3, 0.4) is 0 Å². The molecule has 7 rings (SSSR count). The lowest BCUT2D eigenvalue weighted by molar-refractivity contribution is -0.128. The molecule has 3 N–H and O–H groups in total. The molecule has 1 aliphatic heterocycles. The summed E-state index contributed by atoms with van der Waals surface area (Å²) in [6.45, 7) is 2.34. The Kier molecular flexibility index (Phi) is 10.9. The van der Waals surface area contributed by atoms with Gasteiger partial charge in [0.15, 0.2) is 9.84 Å². The van der Waals surface area contributed by atoms with Gasteiger partial charge in [-0.25, -0.2) is 8.42 Å². The number of fused-ring (bicyclic) bond motifs is 5. The Morgan fingerprint density at radius 3 is 2.52 bits per heavy atom. The number of carbonyl (C=O) groups is 2. The molecule has 1 atom stereocenters. The molecule has 0 bridgehead atoms. The fourth-order valence-corrected chi connectivity index (χ4v) is 8.82. The van der Waals surface area contributed by atoms with Crippen molar-refractivity contribution >= 4 is 50.3 Å². The molecule has 4 aromatic rings. The van der Waals surface area contributed by atoms with Crippen LogP contribution in [-0.2, 0) is 43.4 Å². The summed E-state index contributed by atoms with van der Waals surface area (Å²) >= 11 is 1.75. The predicted molar refractivity (Wildman–Crippen MR) is 200 cm³/mol. The quantitative estimate of drug-likeness (QED) is 0.105. The summed E-state index contributed by atoms with van der Waals surface area (Å²) in [6, 6.07) is 25.2. The van der Waals surface area contributed by atoms with Gasteiger partial charge in [0.05, 0.1) is 10.9 Å². The van der Waals surface area contributed by atoms with Crippen LogP contribution < -0.4 is 10.8 Å². The van der Waals surface area contributed by atoms with E-state index in [1.54, 1.807) is 23.5 Å². The van der Waals surface area contributed by atoms with E-state index in [2.05, 4.69) is 54.6 Å². The van der Waals surface area contributed by atoms with E-state index in [0.29, 0.717) is 17.4 Å². The van der Waals surface area contributed by atoms with Gasteiger partial charge in [0, 0.05) is 28.2 Å². The van der Waals surface area contributed by atoms with E-state index in [0.717, 1.165) is 48.0 Å². The lowest BCUT2D eigenvalue weighted by atomic mass is 9.78. The molecule has 3 aromatic carbocycles. The summed E-state index contributed by atoms with van der Waals surface area (Å²) in [5.41, 5.74) is 16.3. The van der Waals surface area contributed by atoms with Crippen molar-refractivity contribution in [1.82, 2.24) is 0 Å². The average molecular weight is 709 g/mol. The van der Waals surface area contributed by atoms with Crippen LogP contribution in [0, 0.1) is 0 Å². The van der Waals surface area contributed by atoms with Gasteiger partial charge in [-0.2, -0.15) is 5.06 Å². The molecule has 3 aliphatic rings. The number of nitrogens with two attached hydrogens (primary N) is 1. The second-order valence-electron chi connectivity index (χ2n) is 12.5. The second kappa shape index (κ2) is 15.5. The lowest BCUT2D eigenvalue weighted by Crippen LogP contribution is -2.30. The lowest BCUT2D eigenvalue weighted by Gasteiger charge is -2.26. The molecule has 2 amide bonds. The van der Waals surface area contributed by atoms with Crippen LogP contribution in [0.5, 0.6) is 0 Å². The van der Waals surface area contributed by atoms with Gasteiger partial charge < -0.3 is 10.5 Å². The molecule has 1 aromatic heterocycles. The number of anilines is 1. The number of amides is 2. The Morgan fingerprint density at radius 1 is 0.920 bits per heavy atom. The smallest absolute Gasteiger partial charge is 0.276 e. The van der Waals surface area contributed by atoms with E-state index in [-0.39, 0.29) is 13.0 Å². The summed E-state index contributed by atoms with van der Waals surface area (Å²) < 4.78 is 27.6. The Labute approximate surface area is 297 Å². The zero-order chi connectivity index (χ0) is 35.3. The highest BCUT2D eigenvalue weighted by Gasteiger charge is 2.24. The van der Waals surface area contributed by atoms with E-state index >= 15 is 0 Å². The largest absolute Gasteiger partial charge is 0.372 e. The number of hydroxylamine groups is 1. The first-order valence-electron chi connectivity index (χ1n) is 16.8. The number of carbonyl (C=O) groups excluding carboxylic acids is 2. The van der Waals surface area contributed by atoms with Crippen molar-refractivity contribution in [3.63, 3.8) is 0 Å². The van der Waals surface area contributed by atoms with Gasteiger partial charge in [0.25, 0.3) is 5.91 Å². The van der Waals surface area contributed by atoms with E-state index in [1.165, 1.54) is 56.0 Å². The number of hydrogen-bond acceptors (Lipinski definition) is 7. The molecule has 0 spiro atoms. The first-order chi connectivity index (χ1) is 24.1. The van der Waals surface area contributed by atoms with Crippen LogP contribution in [0.2, 0.25) is 0 Å². The molecule has 0 saturated carbocycles. The van der Waals surface area contributed by atoms with Crippen molar-refractivity contribution in [2.75, 3.05) is 18.3 Å². The highest BCUT2D eigenvalue weighted by molar-refractivity contribution is 7.95. The van der Waals surface area contributed by atoms with Gasteiger partial charge in [0.1, 0.15) is 6.61 Å². The number of hydrogen-bond donors (Lipinski definition) is 2. The molecule has 2 heterocycles. The molecule has 258 valence electrons. The van der Waals surface area contributed by atoms with Gasteiger partial charge in [-0.15, -0.1) is 11.3 Å². The maximum atomic E-state index is 12.3. The van der Waals surface area contributed by atoms with Crippen LogP contribution in [0.1, 0.15) is 53.3 Å². The molecule has 1 unspecified atom stereocenters. The first-order valence-corrected chi connectivity index (χ1v) is 19.2. The third-order valence-corrected chi connectivity index (χ3v) is 11.9. The molecular formula is C40H40N2O6S2. The number of sulfone groups is 1. The van der Waals surface area contributed by atoms with Crippen molar-refractivity contribution < 1.29 is 28.0 Å². The second-order valence-corrected chi connectivity index (χ2v) is 15.6. The van der Waals surface area contributed by atoms with Crippen molar-refractivity contribution in [2.24, 2.45) is 5.73 Å². The fourth-order valence-electron chi connectivity index (χ4n) is 6.56. The van der Waals surface area contributed by atoms with Crippen LogP contribution in [0.15, 0.2) is 96.4 Å². The van der Waals surface area contributed by atoms with E-state index in [9.17, 15) is 23.2 Å². The third kappa shape index (κ3) is 7.89. The predicted octanol–water partition coefficient (Wildman–Crippen LogP) is 7.55. The summed E-state index contributed by atoms with van der Waals surface area (Å²) in [5.74, 6) is -1.08. The SMILES string of the molecule is CCCOCC(=O)N(O)c1cccc(-c2ccc(C3=Cc4ccc5c(c4CC3)CCc3ccccc3-5)s2)c1.NC(=O)CC1C=CC=CS1(=O)=O. The Balaban J connectivity index is 0.000000306. The zero-order valence-electron chi connectivity index (χ0n) is 27.9. The molecular weight excluding hydrogens is 669 g/mol. The number of benzene rings is 3. The molecule has 50 heavy (non-hydrogen) atoms. The number of allylic oxidation sites excluding steroid dienone is 3. The van der Waals surface area contributed by atoms with Crippen LogP contribution in [0.4, 0.5) is 5.69 Å². The number of rotatable bonds is 9. The molecule has 0 saturated heterocycles. The monoisotopic (exact) mass is 708 g/mol. The minimum atomic E-state index is -3.29. The maximum Gasteiger partial charge on any atom is 0.276 e. The Morgan fingerprint density at radius 2 is 1.72 bits per heavy atom. The Bertz CT molecular complexity index is 2110. The zero-order valence-corrected chi connectivity index (χ0v) is 29.5. The number of aryl methyl sites for hydroxylation is 1. The van der Waals surface area contributed by atoms with Crippen molar-refractivity contribution in [3.05, 3.63) is 124 Å². The summed E-state index contributed by atoms with van der Waals surface area (Å²) in [4.78, 5) is 25.1. The average Bonchev–Trinajstić information content (AvgIpc) is 3.63. The molecule has 8 nitrogen and oxygen atoms in total. The summed E-state index contributed by atoms with van der Waals surface area (Å²) in [6.07, 6.45) is 11.9. The minimum Gasteiger partial charge on any atom is -0.372 e. The van der Waals surface area contributed by atoms with E-state index in [4.69, 9.17) is 10.5 Å². The van der Waals surface area contributed by atoms with Crippen LogP contribution >= 0.6 is 11.3 Å². The van der Waals surface area contributed by atoms with Gasteiger partial charge in [-0.3, -0.25) is 14.8 Å². The number of primary amides is 1. The molecule has 0 radical (unpaired) electrons. The van der Waals surface area contributed by atoms with Gasteiger partial charge >= 0.3 is 0 Å². The third-order valence-electron chi connectivity index (χ3n) is 9.03. The van der Waals surface area contributed by atoms with E-state index < -0.39 is 26.9 Å². The summed E-state index contributed by atoms with van der Waals surface area (Å²) in [7, 11) is -3.29. The van der Waals surface area contributed by atoms with Crippen molar-refractivity contribution in [3.8, 4) is 21.6 Å². The van der Waals surface area contributed by atoms with Gasteiger partial charge in [0.2, 0.25) is 5.91 Å². The normalized spacial score (nSPS) is 16.6. The number of thiophene rings is 1. The highest BCUT2D eigenvalue weighted by Crippen LogP contribution is 2.42. The Hall–Kier alpha value is -4.61. The highest BCUT2D eigenvalue weighted by atomic mass is 32.2. The molecule has 10 heteroatoms. The first kappa shape index (κ1) is 35.2. The van der Waals surface area contributed by atoms with Gasteiger partial charge in [-0.1, -0.05) is 79.8 Å². The number of ether oxygens (including phenoxy) is 1. The van der Waals surface area contributed by atoms with E-state index in [1.807, 2.05) is 25.1 Å². The standard InChI is InChI=1S/C33H31NO3S.C7H9NO3S/c1-2-18-37-21-33(35)34(36)26-8-5-7-24(20-26)31-16-17-32(38-31)25-12-13-28-23(19-25)11-15-29-27-9-4-3-6-22(27)10-14-30(28)29;8-7(9)5-6-3-1-2-4-12(6,10)11/h3-9,11,15-17,19-20,36H,2,10,12-14,18,21H2,1H3;1-4,6H,5H2,(H2,8,9). The maximum absolute atomic E-state index is 12.3. The fraction of sp³-hybridized carbons (Fsp3) is 0.250. The van der Waals surface area contributed by atoms with Crippen LogP contribution in [-0.4, -0.2) is 43.9 Å². The minimum absolute atomic E-state index is 0.136. The molecule has 0 fully saturated rings. The van der Waals surface area contributed by atoms with Crippen molar-refractivity contribution in [1.29, 1.82) is 0 Å². The van der Waals surface area contributed by atoms with Gasteiger partial charge in [-0.05, 0) is 101 Å². The summed E-state index contributed by atoms with van der Waals surface area (Å²) in [5, 5.41) is 11.4. The topological polar surface area (TPSA) is 127 Å².